The highest BCUT2D eigenvalue weighted by molar-refractivity contribution is 5.85. The minimum Gasteiger partial charge on any atom is -0.342 e. The topological polar surface area (TPSA) is 32.3 Å². The highest BCUT2D eigenvalue weighted by Crippen LogP contribution is 2.36. The quantitative estimate of drug-likeness (QED) is 0.907. The van der Waals surface area contributed by atoms with Crippen LogP contribution in [0.25, 0.3) is 0 Å². The van der Waals surface area contributed by atoms with E-state index in [0.717, 1.165) is 31.7 Å². The maximum Gasteiger partial charge on any atom is 0.227 e. The molecule has 0 aromatic heterocycles. The summed E-state index contributed by atoms with van der Waals surface area (Å²) in [6, 6.07) is 8.19. The Morgan fingerprint density at radius 2 is 2.15 bits per heavy atom. The SMILES string of the molecule is Cc1ccccc1CC(=O)N1CCC2(CCNC2)C1.Cl. The third-order valence-corrected chi connectivity index (χ3v) is 4.73. The van der Waals surface area contributed by atoms with Crippen molar-refractivity contribution in [3.63, 3.8) is 0 Å². The first-order valence-corrected chi connectivity index (χ1v) is 7.22. The molecular formula is C16H23ClN2O. The van der Waals surface area contributed by atoms with Gasteiger partial charge in [-0.1, -0.05) is 24.3 Å². The summed E-state index contributed by atoms with van der Waals surface area (Å²) in [5.41, 5.74) is 2.76. The zero-order valence-corrected chi connectivity index (χ0v) is 12.8. The van der Waals surface area contributed by atoms with Gasteiger partial charge in [-0.3, -0.25) is 4.79 Å². The molecule has 4 heteroatoms. The fraction of sp³-hybridized carbons (Fsp3) is 0.562. The molecule has 0 saturated carbocycles. The molecule has 2 heterocycles. The average Bonchev–Trinajstić information content (AvgIpc) is 3.03. The Morgan fingerprint density at radius 3 is 2.85 bits per heavy atom. The summed E-state index contributed by atoms with van der Waals surface area (Å²) in [7, 11) is 0. The molecule has 1 amide bonds. The zero-order chi connectivity index (χ0) is 13.3. The number of hydrogen-bond acceptors (Lipinski definition) is 2. The predicted molar refractivity (Wildman–Crippen MR) is 83.2 cm³/mol. The molecule has 2 aliphatic heterocycles. The Hall–Kier alpha value is -1.06. The van der Waals surface area contributed by atoms with Gasteiger partial charge in [-0.25, -0.2) is 0 Å². The molecule has 1 atom stereocenters. The molecular weight excluding hydrogens is 272 g/mol. The lowest BCUT2D eigenvalue weighted by atomic mass is 9.86. The maximum atomic E-state index is 12.4. The molecule has 3 nitrogen and oxygen atoms in total. The van der Waals surface area contributed by atoms with Gasteiger partial charge in [0.1, 0.15) is 0 Å². The van der Waals surface area contributed by atoms with Gasteiger partial charge < -0.3 is 10.2 Å². The molecule has 110 valence electrons. The van der Waals surface area contributed by atoms with Gasteiger partial charge in [-0.05, 0) is 37.4 Å². The standard InChI is InChI=1S/C16H22N2O.ClH/c1-13-4-2-3-5-14(13)10-15(19)18-9-7-16(12-18)6-8-17-11-16;/h2-5,17H,6-12H2,1H3;1H. The molecule has 0 radical (unpaired) electrons. The number of benzene rings is 1. The molecule has 1 aromatic rings. The molecule has 20 heavy (non-hydrogen) atoms. The fourth-order valence-corrected chi connectivity index (χ4v) is 3.37. The Bertz CT molecular complexity index is 483. The second-order valence-electron chi connectivity index (χ2n) is 6.10. The van der Waals surface area contributed by atoms with Crippen LogP contribution in [0.4, 0.5) is 0 Å². The van der Waals surface area contributed by atoms with Crippen LogP contribution in [0.3, 0.4) is 0 Å². The monoisotopic (exact) mass is 294 g/mol. The number of aryl methyl sites for hydroxylation is 1. The van der Waals surface area contributed by atoms with E-state index in [1.165, 1.54) is 18.4 Å². The van der Waals surface area contributed by atoms with Crippen LogP contribution in [0.5, 0.6) is 0 Å². The molecule has 2 fully saturated rings. The van der Waals surface area contributed by atoms with E-state index in [1.807, 2.05) is 12.1 Å². The summed E-state index contributed by atoms with van der Waals surface area (Å²) >= 11 is 0. The number of likely N-dealkylation sites (tertiary alicyclic amines) is 1. The highest BCUT2D eigenvalue weighted by atomic mass is 35.5. The van der Waals surface area contributed by atoms with Gasteiger partial charge in [0.15, 0.2) is 0 Å². The number of nitrogens with one attached hydrogen (secondary N) is 1. The van der Waals surface area contributed by atoms with Gasteiger partial charge in [-0.2, -0.15) is 0 Å². The maximum absolute atomic E-state index is 12.4. The van der Waals surface area contributed by atoms with Crippen molar-refractivity contribution in [2.75, 3.05) is 26.2 Å². The second-order valence-corrected chi connectivity index (χ2v) is 6.10. The second kappa shape index (κ2) is 6.15. The first-order chi connectivity index (χ1) is 9.19. The van der Waals surface area contributed by atoms with Gasteiger partial charge in [0.25, 0.3) is 0 Å². The average molecular weight is 295 g/mol. The molecule has 2 aliphatic rings. The number of hydrogen-bond donors (Lipinski definition) is 1. The molecule has 0 bridgehead atoms. The van der Waals surface area contributed by atoms with Crippen LogP contribution in [0.15, 0.2) is 24.3 Å². The summed E-state index contributed by atoms with van der Waals surface area (Å²) in [6.07, 6.45) is 2.94. The van der Waals surface area contributed by atoms with E-state index >= 15 is 0 Å². The minimum absolute atomic E-state index is 0. The number of nitrogens with zero attached hydrogens (tertiary/aromatic N) is 1. The summed E-state index contributed by atoms with van der Waals surface area (Å²) < 4.78 is 0. The first kappa shape index (κ1) is 15.3. The van der Waals surface area contributed by atoms with Gasteiger partial charge in [-0.15, -0.1) is 12.4 Å². The van der Waals surface area contributed by atoms with Crippen molar-refractivity contribution in [2.24, 2.45) is 5.41 Å². The number of halogens is 1. The van der Waals surface area contributed by atoms with Crippen LogP contribution in [-0.2, 0) is 11.2 Å². The number of carbonyl (C=O) groups excluding carboxylic acids is 1. The summed E-state index contributed by atoms with van der Waals surface area (Å²) in [5.74, 6) is 0.290. The van der Waals surface area contributed by atoms with Crippen molar-refractivity contribution < 1.29 is 4.79 Å². The van der Waals surface area contributed by atoms with E-state index in [-0.39, 0.29) is 18.3 Å². The van der Waals surface area contributed by atoms with E-state index in [4.69, 9.17) is 0 Å². The summed E-state index contributed by atoms with van der Waals surface area (Å²) in [6.45, 7) is 6.16. The van der Waals surface area contributed by atoms with E-state index in [0.29, 0.717) is 11.8 Å². The molecule has 3 rings (SSSR count). The largest absolute Gasteiger partial charge is 0.342 e. The Balaban J connectivity index is 0.00000147. The lowest BCUT2D eigenvalue weighted by Crippen LogP contribution is -2.34. The molecule has 1 N–H and O–H groups in total. The summed E-state index contributed by atoms with van der Waals surface area (Å²) in [4.78, 5) is 14.5. The van der Waals surface area contributed by atoms with Gasteiger partial charge in [0, 0.05) is 25.0 Å². The Morgan fingerprint density at radius 1 is 1.35 bits per heavy atom. The van der Waals surface area contributed by atoms with E-state index < -0.39 is 0 Å². The predicted octanol–water partition coefficient (Wildman–Crippen LogP) is 2.17. The van der Waals surface area contributed by atoms with Crippen LogP contribution < -0.4 is 5.32 Å². The number of rotatable bonds is 2. The van der Waals surface area contributed by atoms with Crippen molar-refractivity contribution in [3.05, 3.63) is 35.4 Å². The lowest BCUT2D eigenvalue weighted by molar-refractivity contribution is -0.129. The van der Waals surface area contributed by atoms with Crippen molar-refractivity contribution in [1.82, 2.24) is 10.2 Å². The highest BCUT2D eigenvalue weighted by Gasteiger charge is 2.41. The zero-order valence-electron chi connectivity index (χ0n) is 12.0. The van der Waals surface area contributed by atoms with E-state index in [9.17, 15) is 4.79 Å². The third kappa shape index (κ3) is 2.99. The Labute approximate surface area is 127 Å². The molecule has 1 spiro atoms. The van der Waals surface area contributed by atoms with Crippen LogP contribution in [0, 0.1) is 12.3 Å². The summed E-state index contributed by atoms with van der Waals surface area (Å²) in [5, 5.41) is 3.44. The smallest absolute Gasteiger partial charge is 0.227 e. The number of amides is 1. The van der Waals surface area contributed by atoms with Crippen LogP contribution in [0.1, 0.15) is 24.0 Å². The number of carbonyl (C=O) groups is 1. The van der Waals surface area contributed by atoms with E-state index in [2.05, 4.69) is 29.3 Å². The van der Waals surface area contributed by atoms with Crippen molar-refractivity contribution in [2.45, 2.75) is 26.2 Å². The van der Waals surface area contributed by atoms with Crippen molar-refractivity contribution >= 4 is 18.3 Å². The Kier molecular flexibility index (Phi) is 4.71. The fourth-order valence-electron chi connectivity index (χ4n) is 3.37. The minimum atomic E-state index is 0. The van der Waals surface area contributed by atoms with Crippen molar-refractivity contribution in [1.29, 1.82) is 0 Å². The van der Waals surface area contributed by atoms with E-state index in [1.54, 1.807) is 0 Å². The van der Waals surface area contributed by atoms with Crippen molar-refractivity contribution in [3.8, 4) is 0 Å². The lowest BCUT2D eigenvalue weighted by Gasteiger charge is -2.23. The van der Waals surface area contributed by atoms with Crippen LogP contribution >= 0.6 is 12.4 Å². The third-order valence-electron chi connectivity index (χ3n) is 4.73. The first-order valence-electron chi connectivity index (χ1n) is 7.22. The van der Waals surface area contributed by atoms with Gasteiger partial charge >= 0.3 is 0 Å². The van der Waals surface area contributed by atoms with Crippen LogP contribution in [0.2, 0.25) is 0 Å². The van der Waals surface area contributed by atoms with Crippen LogP contribution in [-0.4, -0.2) is 37.0 Å². The molecule has 1 unspecified atom stereocenters. The normalized spacial score (nSPS) is 24.9. The molecule has 1 aromatic carbocycles. The van der Waals surface area contributed by atoms with Gasteiger partial charge in [0.2, 0.25) is 5.91 Å². The molecule has 0 aliphatic carbocycles. The van der Waals surface area contributed by atoms with Gasteiger partial charge in [0.05, 0.1) is 6.42 Å². The molecule has 2 saturated heterocycles.